The minimum absolute atomic E-state index is 0. The molecule has 0 amide bonds. The van der Waals surface area contributed by atoms with Gasteiger partial charge in [0.05, 0.1) is 0 Å². The molecule has 4 heteroatoms. The van der Waals surface area contributed by atoms with E-state index < -0.39 is 0 Å². The molecule has 0 atom stereocenters. The van der Waals surface area contributed by atoms with Gasteiger partial charge in [0.2, 0.25) is 0 Å². The van der Waals surface area contributed by atoms with Crippen LogP contribution < -0.4 is 5.32 Å². The Labute approximate surface area is 132 Å². The fourth-order valence-corrected chi connectivity index (χ4v) is 3.05. The molecule has 1 fully saturated rings. The van der Waals surface area contributed by atoms with Crippen LogP contribution in [0.25, 0.3) is 0 Å². The number of benzene rings is 1. The van der Waals surface area contributed by atoms with Crippen LogP contribution in [0.15, 0.2) is 18.2 Å². The molecule has 0 heterocycles. The summed E-state index contributed by atoms with van der Waals surface area (Å²) in [7, 11) is 0. The standard InChI is InChI=1S/C15H21Cl2N.ClH/c16-13-9-8-12(15(17)10-13)11-18-14-6-4-2-1-3-5-7-14;/h8-10,14,18H,1-7,11H2;1H. The number of halogens is 3. The van der Waals surface area contributed by atoms with Gasteiger partial charge in [-0.05, 0) is 30.5 Å². The van der Waals surface area contributed by atoms with E-state index in [1.54, 1.807) is 0 Å². The van der Waals surface area contributed by atoms with E-state index in [-0.39, 0.29) is 12.4 Å². The summed E-state index contributed by atoms with van der Waals surface area (Å²) in [6.45, 7) is 0.848. The number of rotatable bonds is 3. The van der Waals surface area contributed by atoms with Crippen LogP contribution >= 0.6 is 35.6 Å². The summed E-state index contributed by atoms with van der Waals surface area (Å²) in [5, 5.41) is 5.11. The lowest BCUT2D eigenvalue weighted by molar-refractivity contribution is 0.389. The summed E-state index contributed by atoms with van der Waals surface area (Å²) in [4.78, 5) is 0. The number of nitrogens with one attached hydrogen (secondary N) is 1. The first-order valence-corrected chi connectivity index (χ1v) is 7.68. The second kappa shape index (κ2) is 9.07. The topological polar surface area (TPSA) is 12.0 Å². The van der Waals surface area contributed by atoms with E-state index >= 15 is 0 Å². The highest BCUT2D eigenvalue weighted by Crippen LogP contribution is 2.22. The van der Waals surface area contributed by atoms with Gasteiger partial charge in [-0.3, -0.25) is 0 Å². The summed E-state index contributed by atoms with van der Waals surface area (Å²) in [6, 6.07) is 6.39. The van der Waals surface area contributed by atoms with Crippen molar-refractivity contribution in [3.8, 4) is 0 Å². The van der Waals surface area contributed by atoms with E-state index in [9.17, 15) is 0 Å². The number of hydrogen-bond acceptors (Lipinski definition) is 1. The molecule has 0 aromatic heterocycles. The zero-order valence-electron chi connectivity index (χ0n) is 11.1. The Bertz CT molecular complexity index is 374. The maximum Gasteiger partial charge on any atom is 0.0465 e. The lowest BCUT2D eigenvalue weighted by Gasteiger charge is -2.21. The van der Waals surface area contributed by atoms with Gasteiger partial charge in [0.1, 0.15) is 0 Å². The maximum atomic E-state index is 6.18. The summed E-state index contributed by atoms with van der Waals surface area (Å²) >= 11 is 12.1. The third kappa shape index (κ3) is 5.91. The molecule has 0 saturated heterocycles. The van der Waals surface area contributed by atoms with E-state index in [0.717, 1.165) is 17.1 Å². The Hall–Kier alpha value is 0.0500. The minimum atomic E-state index is 0. The molecule has 0 bridgehead atoms. The first-order valence-electron chi connectivity index (χ1n) is 6.93. The van der Waals surface area contributed by atoms with Crippen molar-refractivity contribution in [1.29, 1.82) is 0 Å². The zero-order chi connectivity index (χ0) is 12.8. The largest absolute Gasteiger partial charge is 0.310 e. The molecule has 2 rings (SSSR count). The maximum absolute atomic E-state index is 6.18. The molecule has 0 spiro atoms. The molecular weight excluding hydrogens is 301 g/mol. The lowest BCUT2D eigenvalue weighted by atomic mass is 9.96. The monoisotopic (exact) mass is 321 g/mol. The average Bonchev–Trinajstić information content (AvgIpc) is 2.29. The third-order valence-electron chi connectivity index (χ3n) is 3.70. The van der Waals surface area contributed by atoms with E-state index in [4.69, 9.17) is 23.2 Å². The molecule has 1 aliphatic carbocycles. The summed E-state index contributed by atoms with van der Waals surface area (Å²) in [6.07, 6.45) is 9.49. The molecule has 1 nitrogen and oxygen atoms in total. The molecule has 1 N–H and O–H groups in total. The van der Waals surface area contributed by atoms with Crippen molar-refractivity contribution in [3.05, 3.63) is 33.8 Å². The van der Waals surface area contributed by atoms with Gasteiger partial charge < -0.3 is 5.32 Å². The molecule has 1 saturated carbocycles. The molecular formula is C15H22Cl3N. The predicted molar refractivity (Wildman–Crippen MR) is 86.7 cm³/mol. The lowest BCUT2D eigenvalue weighted by Crippen LogP contribution is -2.29. The van der Waals surface area contributed by atoms with Crippen LogP contribution in [0, 0.1) is 0 Å². The zero-order valence-corrected chi connectivity index (χ0v) is 13.5. The van der Waals surface area contributed by atoms with Crippen molar-refractivity contribution < 1.29 is 0 Å². The first-order chi connectivity index (χ1) is 8.75. The fraction of sp³-hybridized carbons (Fsp3) is 0.600. The molecule has 19 heavy (non-hydrogen) atoms. The van der Waals surface area contributed by atoms with Gasteiger partial charge in [-0.2, -0.15) is 0 Å². The molecule has 0 unspecified atom stereocenters. The molecule has 0 aliphatic heterocycles. The average molecular weight is 323 g/mol. The smallest absolute Gasteiger partial charge is 0.0465 e. The predicted octanol–water partition coefficient (Wildman–Crippen LogP) is 5.62. The van der Waals surface area contributed by atoms with Gasteiger partial charge in [0, 0.05) is 22.6 Å². The van der Waals surface area contributed by atoms with Gasteiger partial charge in [0.15, 0.2) is 0 Å². The van der Waals surface area contributed by atoms with Gasteiger partial charge >= 0.3 is 0 Å². The molecule has 1 aromatic rings. The summed E-state index contributed by atoms with van der Waals surface area (Å²) in [5.41, 5.74) is 1.14. The van der Waals surface area contributed by atoms with Crippen molar-refractivity contribution in [2.24, 2.45) is 0 Å². The second-order valence-electron chi connectivity index (χ2n) is 5.16. The van der Waals surface area contributed by atoms with Gasteiger partial charge in [-0.25, -0.2) is 0 Å². The highest BCUT2D eigenvalue weighted by Gasteiger charge is 2.11. The quantitative estimate of drug-likeness (QED) is 0.761. The molecule has 0 radical (unpaired) electrons. The summed E-state index contributed by atoms with van der Waals surface area (Å²) < 4.78 is 0. The van der Waals surface area contributed by atoms with Crippen LogP contribution in [-0.2, 0) is 6.54 Å². The fourth-order valence-electron chi connectivity index (χ4n) is 2.58. The van der Waals surface area contributed by atoms with E-state index in [2.05, 4.69) is 5.32 Å². The number of hydrogen-bond donors (Lipinski definition) is 1. The SMILES string of the molecule is Cl.Clc1ccc(CNC2CCCCCCC2)c(Cl)c1. The Kier molecular flexibility index (Phi) is 8.17. The normalized spacial score (nSPS) is 17.4. The van der Waals surface area contributed by atoms with Crippen molar-refractivity contribution >= 4 is 35.6 Å². The van der Waals surface area contributed by atoms with E-state index in [0.29, 0.717) is 11.1 Å². The van der Waals surface area contributed by atoms with Crippen molar-refractivity contribution in [3.63, 3.8) is 0 Å². The van der Waals surface area contributed by atoms with Crippen molar-refractivity contribution in [2.75, 3.05) is 0 Å². The van der Waals surface area contributed by atoms with Crippen LogP contribution in [0.5, 0.6) is 0 Å². The van der Waals surface area contributed by atoms with Gasteiger partial charge in [0.25, 0.3) is 0 Å². The van der Waals surface area contributed by atoms with Crippen LogP contribution in [0.3, 0.4) is 0 Å². The van der Waals surface area contributed by atoms with Crippen LogP contribution in [0.1, 0.15) is 50.5 Å². The molecule has 1 aromatic carbocycles. The highest BCUT2D eigenvalue weighted by molar-refractivity contribution is 6.35. The van der Waals surface area contributed by atoms with Crippen LogP contribution in [-0.4, -0.2) is 6.04 Å². The van der Waals surface area contributed by atoms with E-state index in [1.807, 2.05) is 18.2 Å². The first kappa shape index (κ1) is 17.1. The van der Waals surface area contributed by atoms with E-state index in [1.165, 1.54) is 44.9 Å². The highest BCUT2D eigenvalue weighted by atomic mass is 35.5. The van der Waals surface area contributed by atoms with Gasteiger partial charge in [-0.1, -0.05) is 61.4 Å². The second-order valence-corrected chi connectivity index (χ2v) is 6.00. The Morgan fingerprint density at radius 2 is 1.63 bits per heavy atom. The van der Waals surface area contributed by atoms with Crippen molar-refractivity contribution in [2.45, 2.75) is 57.5 Å². The molecule has 108 valence electrons. The Morgan fingerprint density at radius 1 is 1.00 bits per heavy atom. The van der Waals surface area contributed by atoms with Crippen LogP contribution in [0.2, 0.25) is 10.0 Å². The van der Waals surface area contributed by atoms with Crippen LogP contribution in [0.4, 0.5) is 0 Å². The third-order valence-corrected chi connectivity index (χ3v) is 4.29. The summed E-state index contributed by atoms with van der Waals surface area (Å²) in [5.74, 6) is 0. The Morgan fingerprint density at radius 3 is 2.26 bits per heavy atom. The van der Waals surface area contributed by atoms with Crippen molar-refractivity contribution in [1.82, 2.24) is 5.32 Å². The Balaban J connectivity index is 0.00000180. The van der Waals surface area contributed by atoms with Gasteiger partial charge in [-0.15, -0.1) is 12.4 Å². The minimum Gasteiger partial charge on any atom is -0.310 e. The molecule has 1 aliphatic rings.